The highest BCUT2D eigenvalue weighted by atomic mass is 15.1. The second-order valence-electron chi connectivity index (χ2n) is 8.02. The number of nitrogens with one attached hydrogen (secondary N) is 1. The van der Waals surface area contributed by atoms with Gasteiger partial charge in [0.15, 0.2) is 0 Å². The molecule has 1 aromatic heterocycles. The first-order valence-corrected chi connectivity index (χ1v) is 8.56. The minimum absolute atomic E-state index is 0.448. The smallest absolute Gasteiger partial charge is 0.0953 e. The quantitative estimate of drug-likeness (QED) is 0.896. The van der Waals surface area contributed by atoms with Gasteiger partial charge in [-0.1, -0.05) is 0 Å². The van der Waals surface area contributed by atoms with Gasteiger partial charge < -0.3 is 9.88 Å². The Morgan fingerprint density at radius 2 is 1.80 bits per heavy atom. The minimum Gasteiger partial charge on any atom is -0.328 e. The van der Waals surface area contributed by atoms with E-state index < -0.39 is 0 Å². The number of aromatic nitrogens is 2. The maximum atomic E-state index is 4.56. The van der Waals surface area contributed by atoms with Crippen molar-refractivity contribution in [3.63, 3.8) is 0 Å². The molecular formula is C17H25N3. The van der Waals surface area contributed by atoms with Crippen LogP contribution >= 0.6 is 0 Å². The van der Waals surface area contributed by atoms with Crippen LogP contribution in [0.25, 0.3) is 0 Å². The second-order valence-corrected chi connectivity index (χ2v) is 8.02. The van der Waals surface area contributed by atoms with E-state index >= 15 is 0 Å². The van der Waals surface area contributed by atoms with Crippen molar-refractivity contribution in [2.75, 3.05) is 13.1 Å². The molecule has 5 aliphatic rings. The third kappa shape index (κ3) is 1.59. The molecule has 4 bridgehead atoms. The van der Waals surface area contributed by atoms with Crippen molar-refractivity contribution in [3.05, 3.63) is 18.2 Å². The lowest BCUT2D eigenvalue weighted by atomic mass is 9.53. The summed E-state index contributed by atoms with van der Waals surface area (Å²) in [4.78, 5) is 4.56. The van der Waals surface area contributed by atoms with Crippen LogP contribution in [0.15, 0.2) is 12.5 Å². The fourth-order valence-corrected chi connectivity index (χ4v) is 6.27. The van der Waals surface area contributed by atoms with Gasteiger partial charge in [0.05, 0.1) is 6.33 Å². The summed E-state index contributed by atoms with van der Waals surface area (Å²) in [5, 5.41) is 3.52. The van der Waals surface area contributed by atoms with Crippen LogP contribution in [0.1, 0.15) is 56.6 Å². The van der Waals surface area contributed by atoms with Gasteiger partial charge in [0.1, 0.15) is 0 Å². The molecule has 20 heavy (non-hydrogen) atoms. The normalized spacial score (nSPS) is 46.2. The van der Waals surface area contributed by atoms with Crippen LogP contribution in [-0.2, 0) is 5.54 Å². The maximum Gasteiger partial charge on any atom is 0.0953 e. The third-order valence-electron chi connectivity index (χ3n) is 6.66. The van der Waals surface area contributed by atoms with Crippen LogP contribution in [0.2, 0.25) is 0 Å². The number of rotatable bonds is 2. The molecule has 0 aromatic carbocycles. The fraction of sp³-hybridized carbons (Fsp3) is 0.824. The lowest BCUT2D eigenvalue weighted by Crippen LogP contribution is -2.52. The first-order valence-electron chi connectivity index (χ1n) is 8.56. The van der Waals surface area contributed by atoms with Gasteiger partial charge in [-0.3, -0.25) is 0 Å². The molecule has 1 saturated heterocycles. The topological polar surface area (TPSA) is 29.9 Å². The largest absolute Gasteiger partial charge is 0.328 e. The molecule has 1 N–H and O–H groups in total. The van der Waals surface area contributed by atoms with Gasteiger partial charge in [-0.05, 0) is 69.2 Å². The molecule has 108 valence electrons. The molecule has 4 aliphatic carbocycles. The zero-order valence-corrected chi connectivity index (χ0v) is 12.2. The summed E-state index contributed by atoms with van der Waals surface area (Å²) in [6.07, 6.45) is 14.5. The van der Waals surface area contributed by atoms with Crippen LogP contribution in [0, 0.1) is 17.8 Å². The molecule has 5 fully saturated rings. The van der Waals surface area contributed by atoms with Crippen LogP contribution in [-0.4, -0.2) is 22.6 Å². The standard InChI is InChI=1S/C17H25N3/c1-2-18-9-15(1)16-10-19-11-20(16)17-6-12-3-13(7-17)5-14(4-12)8-17/h10-15,18H,1-9H2. The summed E-state index contributed by atoms with van der Waals surface area (Å²) in [6.45, 7) is 2.33. The van der Waals surface area contributed by atoms with E-state index in [-0.39, 0.29) is 0 Å². The molecule has 1 aromatic rings. The van der Waals surface area contributed by atoms with Crippen molar-refractivity contribution < 1.29 is 0 Å². The van der Waals surface area contributed by atoms with Gasteiger partial charge in [-0.2, -0.15) is 0 Å². The Balaban J connectivity index is 1.55. The van der Waals surface area contributed by atoms with Gasteiger partial charge in [0, 0.05) is 29.9 Å². The predicted molar refractivity (Wildman–Crippen MR) is 78.6 cm³/mol. The highest BCUT2D eigenvalue weighted by molar-refractivity contribution is 5.16. The van der Waals surface area contributed by atoms with Crippen molar-refractivity contribution in [2.45, 2.75) is 56.4 Å². The molecule has 3 nitrogen and oxygen atoms in total. The van der Waals surface area contributed by atoms with Crippen molar-refractivity contribution in [3.8, 4) is 0 Å². The lowest BCUT2D eigenvalue weighted by Gasteiger charge is -2.57. The summed E-state index contributed by atoms with van der Waals surface area (Å²) in [7, 11) is 0. The van der Waals surface area contributed by atoms with E-state index in [1.165, 1.54) is 57.2 Å². The monoisotopic (exact) mass is 271 g/mol. The van der Waals surface area contributed by atoms with Crippen LogP contribution in [0.4, 0.5) is 0 Å². The van der Waals surface area contributed by atoms with E-state index in [1.807, 2.05) is 0 Å². The van der Waals surface area contributed by atoms with Gasteiger partial charge in [-0.25, -0.2) is 4.98 Å². The van der Waals surface area contributed by atoms with Crippen molar-refractivity contribution >= 4 is 0 Å². The molecule has 0 radical (unpaired) electrons. The maximum absolute atomic E-state index is 4.56. The van der Waals surface area contributed by atoms with Gasteiger partial charge in [-0.15, -0.1) is 0 Å². The van der Waals surface area contributed by atoms with E-state index in [0.29, 0.717) is 11.5 Å². The Labute approximate surface area is 121 Å². The Hall–Kier alpha value is -0.830. The van der Waals surface area contributed by atoms with Crippen molar-refractivity contribution in [1.82, 2.24) is 14.9 Å². The van der Waals surface area contributed by atoms with Crippen molar-refractivity contribution in [2.24, 2.45) is 17.8 Å². The fourth-order valence-electron chi connectivity index (χ4n) is 6.27. The molecular weight excluding hydrogens is 246 g/mol. The molecule has 0 spiro atoms. The van der Waals surface area contributed by atoms with Crippen LogP contribution in [0.3, 0.4) is 0 Å². The summed E-state index contributed by atoms with van der Waals surface area (Å²) < 4.78 is 2.65. The van der Waals surface area contributed by atoms with Crippen molar-refractivity contribution in [1.29, 1.82) is 0 Å². The Morgan fingerprint density at radius 1 is 1.10 bits per heavy atom. The molecule has 1 aliphatic heterocycles. The van der Waals surface area contributed by atoms with Gasteiger partial charge >= 0.3 is 0 Å². The Bertz CT molecular complexity index is 477. The third-order valence-corrected chi connectivity index (χ3v) is 6.66. The molecule has 0 amide bonds. The van der Waals surface area contributed by atoms with E-state index in [4.69, 9.17) is 0 Å². The molecule has 1 unspecified atom stereocenters. The Kier molecular flexibility index (Phi) is 2.41. The molecule has 2 heterocycles. The van der Waals surface area contributed by atoms with Crippen LogP contribution in [0.5, 0.6) is 0 Å². The average Bonchev–Trinajstić information content (AvgIpc) is 3.08. The van der Waals surface area contributed by atoms with E-state index in [1.54, 1.807) is 0 Å². The SMILES string of the molecule is c1ncn(C23CC4CC(CC(C4)C2)C3)c1C1CCNC1. The molecule has 4 saturated carbocycles. The predicted octanol–water partition coefficient (Wildman–Crippen LogP) is 2.89. The van der Waals surface area contributed by atoms with Gasteiger partial charge in [0.25, 0.3) is 0 Å². The second kappa shape index (κ2) is 4.09. The molecule has 1 atom stereocenters. The minimum atomic E-state index is 0.448. The number of hydrogen-bond acceptors (Lipinski definition) is 2. The lowest BCUT2D eigenvalue weighted by molar-refractivity contribution is -0.0446. The number of imidazole rings is 1. The van der Waals surface area contributed by atoms with Crippen LogP contribution < -0.4 is 5.32 Å². The highest BCUT2D eigenvalue weighted by Gasteiger charge is 2.52. The Morgan fingerprint density at radius 3 is 2.40 bits per heavy atom. The number of nitrogens with zero attached hydrogens (tertiary/aromatic N) is 2. The average molecular weight is 271 g/mol. The van der Waals surface area contributed by atoms with E-state index in [9.17, 15) is 0 Å². The summed E-state index contributed by atoms with van der Waals surface area (Å²) in [5.41, 5.74) is 1.97. The number of hydrogen-bond donors (Lipinski definition) is 1. The first kappa shape index (κ1) is 11.8. The zero-order valence-electron chi connectivity index (χ0n) is 12.2. The summed E-state index contributed by atoms with van der Waals surface area (Å²) >= 11 is 0. The molecule has 6 rings (SSSR count). The summed E-state index contributed by atoms with van der Waals surface area (Å²) in [5.74, 6) is 3.74. The summed E-state index contributed by atoms with van der Waals surface area (Å²) in [6, 6.07) is 0. The van der Waals surface area contributed by atoms with E-state index in [0.717, 1.165) is 24.3 Å². The molecule has 3 heteroatoms. The van der Waals surface area contributed by atoms with E-state index in [2.05, 4.69) is 27.4 Å². The first-order chi connectivity index (χ1) is 9.82. The zero-order chi connectivity index (χ0) is 13.2. The highest BCUT2D eigenvalue weighted by Crippen LogP contribution is 2.59. The van der Waals surface area contributed by atoms with Gasteiger partial charge in [0.2, 0.25) is 0 Å².